The molecule has 0 bridgehead atoms. The Bertz CT molecular complexity index is 478. The molecule has 3 amide bonds. The van der Waals surface area contributed by atoms with Crippen molar-refractivity contribution in [2.75, 3.05) is 11.9 Å². The van der Waals surface area contributed by atoms with Crippen LogP contribution >= 0.6 is 0 Å². The van der Waals surface area contributed by atoms with E-state index in [-0.39, 0.29) is 0 Å². The first-order valence-electron chi connectivity index (χ1n) is 5.29. The number of likely N-dealkylation sites (tertiary alicyclic amines) is 1. The van der Waals surface area contributed by atoms with Crippen LogP contribution in [0.4, 0.5) is 10.5 Å². The third-order valence-corrected chi connectivity index (χ3v) is 2.63. The van der Waals surface area contributed by atoms with Crippen molar-refractivity contribution >= 4 is 17.6 Å². The van der Waals surface area contributed by atoms with Crippen molar-refractivity contribution in [3.63, 3.8) is 0 Å². The van der Waals surface area contributed by atoms with E-state index in [4.69, 9.17) is 5.26 Å². The number of hydrogen-bond donors (Lipinski definition) is 1. The van der Waals surface area contributed by atoms with Crippen LogP contribution < -0.4 is 5.32 Å². The van der Waals surface area contributed by atoms with Gasteiger partial charge in [0.05, 0.1) is 6.07 Å². The molecule has 1 atom stereocenters. The van der Waals surface area contributed by atoms with Gasteiger partial charge in [0, 0.05) is 12.2 Å². The minimum absolute atomic E-state index is 0.301. The van der Waals surface area contributed by atoms with Gasteiger partial charge in [0.25, 0.3) is 0 Å². The van der Waals surface area contributed by atoms with Crippen LogP contribution in [0.2, 0.25) is 0 Å². The first-order chi connectivity index (χ1) is 8.22. The van der Waals surface area contributed by atoms with E-state index in [1.807, 2.05) is 12.1 Å². The minimum Gasteiger partial charge on any atom is -0.307 e. The fraction of sp³-hybridized carbons (Fsp3) is 0.250. The fourth-order valence-corrected chi connectivity index (χ4v) is 1.71. The number of imide groups is 1. The van der Waals surface area contributed by atoms with E-state index >= 15 is 0 Å². The molecular weight excluding hydrogens is 218 g/mol. The topological polar surface area (TPSA) is 73.2 Å². The molecule has 1 aliphatic rings. The zero-order valence-corrected chi connectivity index (χ0v) is 9.09. The molecule has 2 rings (SSSR count). The van der Waals surface area contributed by atoms with Gasteiger partial charge < -0.3 is 5.32 Å². The van der Waals surface area contributed by atoms with Crippen LogP contribution in [0.15, 0.2) is 30.3 Å². The van der Waals surface area contributed by atoms with Crippen LogP contribution in [-0.2, 0) is 4.79 Å². The standard InChI is InChI=1S/C12H11N3O2/c13-8-9-6-7-15(11(9)16)12(17)14-10-4-2-1-3-5-10/h1-5,9H,6-7H2,(H,14,17). The Labute approximate surface area is 98.6 Å². The van der Waals surface area contributed by atoms with Crippen LogP contribution in [0.5, 0.6) is 0 Å². The SMILES string of the molecule is N#CC1CCN(C(=O)Nc2ccccc2)C1=O. The van der Waals surface area contributed by atoms with Crippen LogP contribution in [-0.4, -0.2) is 23.4 Å². The second kappa shape index (κ2) is 4.66. The van der Waals surface area contributed by atoms with E-state index in [9.17, 15) is 9.59 Å². The van der Waals surface area contributed by atoms with Crippen molar-refractivity contribution in [1.29, 1.82) is 5.26 Å². The lowest BCUT2D eigenvalue weighted by atomic mass is 10.1. The lowest BCUT2D eigenvalue weighted by Crippen LogP contribution is -2.37. The average molecular weight is 229 g/mol. The summed E-state index contributed by atoms with van der Waals surface area (Å²) in [5.74, 6) is -1.10. The summed E-state index contributed by atoms with van der Waals surface area (Å²) in [4.78, 5) is 24.5. The molecule has 17 heavy (non-hydrogen) atoms. The second-order valence-corrected chi connectivity index (χ2v) is 3.76. The number of nitriles is 1. The molecule has 1 aliphatic heterocycles. The van der Waals surface area contributed by atoms with Crippen molar-refractivity contribution in [2.24, 2.45) is 5.92 Å². The fourth-order valence-electron chi connectivity index (χ4n) is 1.71. The first-order valence-corrected chi connectivity index (χ1v) is 5.29. The number of nitrogens with one attached hydrogen (secondary N) is 1. The summed E-state index contributed by atoms with van der Waals surface area (Å²) >= 11 is 0. The Morgan fingerprint density at radius 3 is 2.71 bits per heavy atom. The number of nitrogens with zero attached hydrogens (tertiary/aromatic N) is 2. The number of benzene rings is 1. The lowest BCUT2D eigenvalue weighted by molar-refractivity contribution is -0.126. The van der Waals surface area contributed by atoms with Gasteiger partial charge in [0.2, 0.25) is 5.91 Å². The van der Waals surface area contributed by atoms with Crippen molar-refractivity contribution in [1.82, 2.24) is 4.90 Å². The molecule has 0 aliphatic carbocycles. The first kappa shape index (κ1) is 11.1. The van der Waals surface area contributed by atoms with E-state index < -0.39 is 17.9 Å². The summed E-state index contributed by atoms with van der Waals surface area (Å²) < 4.78 is 0. The van der Waals surface area contributed by atoms with Crippen molar-refractivity contribution < 1.29 is 9.59 Å². The van der Waals surface area contributed by atoms with Gasteiger partial charge in [0.15, 0.2) is 0 Å². The molecule has 5 nitrogen and oxygen atoms in total. The van der Waals surface area contributed by atoms with Crippen LogP contribution in [0.3, 0.4) is 0 Å². The van der Waals surface area contributed by atoms with E-state index in [2.05, 4.69) is 5.32 Å². The monoisotopic (exact) mass is 229 g/mol. The average Bonchev–Trinajstić information content (AvgIpc) is 2.71. The molecule has 0 aromatic heterocycles. The van der Waals surface area contributed by atoms with Gasteiger partial charge in [-0.3, -0.25) is 9.69 Å². The number of urea groups is 1. The highest BCUT2D eigenvalue weighted by atomic mass is 16.2. The Morgan fingerprint density at radius 1 is 1.41 bits per heavy atom. The smallest absolute Gasteiger partial charge is 0.307 e. The predicted molar refractivity (Wildman–Crippen MR) is 60.9 cm³/mol. The number of amides is 3. The third kappa shape index (κ3) is 2.26. The maximum atomic E-state index is 11.8. The Balaban J connectivity index is 2.03. The van der Waals surface area contributed by atoms with E-state index in [0.717, 1.165) is 4.90 Å². The van der Waals surface area contributed by atoms with Gasteiger partial charge in [-0.05, 0) is 18.6 Å². The number of rotatable bonds is 1. The molecule has 1 aromatic rings. The second-order valence-electron chi connectivity index (χ2n) is 3.76. The number of hydrogen-bond acceptors (Lipinski definition) is 3. The van der Waals surface area contributed by atoms with Crippen LogP contribution in [0.25, 0.3) is 0 Å². The van der Waals surface area contributed by atoms with Crippen molar-refractivity contribution in [3.8, 4) is 6.07 Å². The molecule has 1 saturated heterocycles. The quantitative estimate of drug-likeness (QED) is 0.794. The summed E-state index contributed by atoms with van der Waals surface area (Å²) in [6.45, 7) is 0.301. The van der Waals surface area contributed by atoms with E-state index in [0.29, 0.717) is 18.7 Å². The normalized spacial score (nSPS) is 18.9. The maximum Gasteiger partial charge on any atom is 0.328 e. The molecule has 0 radical (unpaired) electrons. The van der Waals surface area contributed by atoms with Gasteiger partial charge in [-0.1, -0.05) is 18.2 Å². The molecule has 1 unspecified atom stereocenters. The summed E-state index contributed by atoms with van der Waals surface area (Å²) in [6.07, 6.45) is 0.414. The van der Waals surface area contributed by atoms with Crippen LogP contribution in [0.1, 0.15) is 6.42 Å². The molecule has 0 saturated carbocycles. The summed E-state index contributed by atoms with van der Waals surface area (Å²) in [6, 6.07) is 10.3. The van der Waals surface area contributed by atoms with Crippen molar-refractivity contribution in [3.05, 3.63) is 30.3 Å². The molecule has 1 N–H and O–H groups in total. The van der Waals surface area contributed by atoms with Gasteiger partial charge in [-0.25, -0.2) is 4.79 Å². The number of carbonyl (C=O) groups is 2. The largest absolute Gasteiger partial charge is 0.328 e. The van der Waals surface area contributed by atoms with Gasteiger partial charge in [0.1, 0.15) is 5.92 Å². The Kier molecular flexibility index (Phi) is 3.06. The molecule has 1 aromatic carbocycles. The molecular formula is C12H11N3O2. The lowest BCUT2D eigenvalue weighted by Gasteiger charge is -2.14. The summed E-state index contributed by atoms with van der Waals surface area (Å²) in [7, 11) is 0. The number of anilines is 1. The van der Waals surface area contributed by atoms with Crippen LogP contribution in [0, 0.1) is 17.2 Å². The highest BCUT2D eigenvalue weighted by molar-refractivity contribution is 6.03. The Morgan fingerprint density at radius 2 is 2.12 bits per heavy atom. The van der Waals surface area contributed by atoms with Crippen molar-refractivity contribution in [2.45, 2.75) is 6.42 Å². The molecule has 1 heterocycles. The molecule has 5 heteroatoms. The molecule has 0 spiro atoms. The predicted octanol–water partition coefficient (Wildman–Crippen LogP) is 1.59. The summed E-state index contributed by atoms with van der Waals surface area (Å²) in [5, 5.41) is 11.3. The van der Waals surface area contributed by atoms with E-state index in [1.165, 1.54) is 0 Å². The molecule has 1 fully saturated rings. The van der Waals surface area contributed by atoms with Gasteiger partial charge in [-0.2, -0.15) is 5.26 Å². The maximum absolute atomic E-state index is 11.8. The molecule has 86 valence electrons. The zero-order chi connectivity index (χ0) is 12.3. The minimum atomic E-state index is -0.684. The summed E-state index contributed by atoms with van der Waals surface area (Å²) in [5.41, 5.74) is 0.630. The highest BCUT2D eigenvalue weighted by Gasteiger charge is 2.35. The zero-order valence-electron chi connectivity index (χ0n) is 9.09. The highest BCUT2D eigenvalue weighted by Crippen LogP contribution is 2.18. The number of carbonyl (C=O) groups excluding carboxylic acids is 2. The Hall–Kier alpha value is -2.35. The number of para-hydroxylation sites is 1. The van der Waals surface area contributed by atoms with Gasteiger partial charge in [-0.15, -0.1) is 0 Å². The van der Waals surface area contributed by atoms with Gasteiger partial charge >= 0.3 is 6.03 Å². The third-order valence-electron chi connectivity index (χ3n) is 2.63. The van der Waals surface area contributed by atoms with E-state index in [1.54, 1.807) is 24.3 Å².